The molecular formula is C12H13NO3. The normalized spacial score (nSPS) is 11.6. The Hall–Kier alpha value is -1.97. The van der Waals surface area contributed by atoms with Crippen molar-refractivity contribution >= 4 is 11.8 Å². The van der Waals surface area contributed by atoms with Crippen molar-refractivity contribution < 1.29 is 14.3 Å². The van der Waals surface area contributed by atoms with E-state index in [0.717, 1.165) is 6.26 Å². The van der Waals surface area contributed by atoms with Gasteiger partial charge in [0.2, 0.25) is 0 Å². The fourth-order valence-electron chi connectivity index (χ4n) is 1.34. The molecule has 1 atom stereocenters. The number of ether oxygens (including phenoxy) is 1. The molecule has 84 valence electrons. The average Bonchev–Trinajstić information content (AvgIpc) is 2.31. The van der Waals surface area contributed by atoms with E-state index < -0.39 is 11.9 Å². The van der Waals surface area contributed by atoms with Crippen molar-refractivity contribution in [3.05, 3.63) is 42.9 Å². The van der Waals surface area contributed by atoms with Crippen LogP contribution in [0.15, 0.2) is 37.4 Å². The summed E-state index contributed by atoms with van der Waals surface area (Å²) in [5.74, 6) is -1.60. The first kappa shape index (κ1) is 12.1. The van der Waals surface area contributed by atoms with Crippen molar-refractivity contribution in [2.45, 2.75) is 13.3 Å². The van der Waals surface area contributed by atoms with E-state index in [9.17, 15) is 9.59 Å². The maximum absolute atomic E-state index is 11.9. The molecule has 0 amide bonds. The smallest absolute Gasteiger partial charge is 0.321 e. The fraction of sp³-hybridized carbons (Fsp3) is 0.250. The van der Waals surface area contributed by atoms with Gasteiger partial charge in [-0.25, -0.2) is 0 Å². The minimum atomic E-state index is -0.777. The Bertz CT molecular complexity index is 387. The van der Waals surface area contributed by atoms with Crippen LogP contribution in [0.1, 0.15) is 23.7 Å². The largest absolute Gasteiger partial charge is 0.435 e. The van der Waals surface area contributed by atoms with E-state index in [1.807, 2.05) is 0 Å². The highest BCUT2D eigenvalue weighted by Gasteiger charge is 2.26. The van der Waals surface area contributed by atoms with Crippen LogP contribution in [0.5, 0.6) is 0 Å². The number of ketones is 1. The standard InChI is InChI=1S/C12H13NO3/c1-3-10(12(15)16-4-2)11(14)9-5-7-13-8-6-9/h4-8,10H,2-3H2,1H3. The van der Waals surface area contributed by atoms with Gasteiger partial charge < -0.3 is 4.74 Å². The molecule has 0 saturated heterocycles. The molecule has 0 radical (unpaired) electrons. The molecule has 0 fully saturated rings. The highest BCUT2D eigenvalue weighted by molar-refractivity contribution is 6.08. The Labute approximate surface area is 94.0 Å². The second kappa shape index (κ2) is 5.80. The Kier molecular flexibility index (Phi) is 4.39. The molecule has 16 heavy (non-hydrogen) atoms. The zero-order chi connectivity index (χ0) is 12.0. The predicted octanol–water partition coefficient (Wildman–Crippen LogP) is 1.98. The van der Waals surface area contributed by atoms with Gasteiger partial charge in [-0.15, -0.1) is 0 Å². The molecule has 1 aromatic heterocycles. The summed E-state index contributed by atoms with van der Waals surface area (Å²) in [4.78, 5) is 27.2. The summed E-state index contributed by atoms with van der Waals surface area (Å²) in [6, 6.07) is 3.15. The summed E-state index contributed by atoms with van der Waals surface area (Å²) >= 11 is 0. The highest BCUT2D eigenvalue weighted by Crippen LogP contribution is 2.13. The van der Waals surface area contributed by atoms with Crippen LogP contribution < -0.4 is 0 Å². The molecule has 0 aromatic carbocycles. The van der Waals surface area contributed by atoms with Gasteiger partial charge in [-0.1, -0.05) is 13.5 Å². The number of hydrogen-bond donors (Lipinski definition) is 0. The lowest BCUT2D eigenvalue weighted by Gasteiger charge is -2.10. The van der Waals surface area contributed by atoms with Gasteiger partial charge in [0.05, 0.1) is 6.26 Å². The van der Waals surface area contributed by atoms with Crippen molar-refractivity contribution in [2.75, 3.05) is 0 Å². The first-order valence-corrected chi connectivity index (χ1v) is 4.96. The monoisotopic (exact) mass is 219 g/mol. The van der Waals surface area contributed by atoms with Crippen molar-refractivity contribution in [2.24, 2.45) is 5.92 Å². The maximum Gasteiger partial charge on any atom is 0.321 e. The van der Waals surface area contributed by atoms with Gasteiger partial charge in [0.1, 0.15) is 5.92 Å². The first-order chi connectivity index (χ1) is 7.70. The summed E-state index contributed by atoms with van der Waals surface area (Å²) in [5, 5.41) is 0. The summed E-state index contributed by atoms with van der Waals surface area (Å²) in [5.41, 5.74) is 0.461. The topological polar surface area (TPSA) is 56.3 Å². The van der Waals surface area contributed by atoms with Gasteiger partial charge in [0.15, 0.2) is 5.78 Å². The van der Waals surface area contributed by atoms with E-state index in [0.29, 0.717) is 12.0 Å². The summed E-state index contributed by atoms with van der Waals surface area (Å²) < 4.78 is 4.63. The molecule has 0 aliphatic carbocycles. The molecular weight excluding hydrogens is 206 g/mol. The number of esters is 1. The van der Waals surface area contributed by atoms with Gasteiger partial charge in [-0.05, 0) is 18.6 Å². The molecule has 0 bridgehead atoms. The summed E-state index contributed by atoms with van der Waals surface area (Å²) in [6.45, 7) is 5.04. The van der Waals surface area contributed by atoms with Gasteiger partial charge in [-0.3, -0.25) is 14.6 Å². The Balaban J connectivity index is 2.86. The van der Waals surface area contributed by atoms with Crippen LogP contribution in [-0.2, 0) is 9.53 Å². The maximum atomic E-state index is 11.9. The number of carbonyl (C=O) groups excluding carboxylic acids is 2. The molecule has 0 saturated carbocycles. The molecule has 1 heterocycles. The first-order valence-electron chi connectivity index (χ1n) is 4.96. The van der Waals surface area contributed by atoms with E-state index >= 15 is 0 Å². The van der Waals surface area contributed by atoms with Crippen LogP contribution in [0.25, 0.3) is 0 Å². The zero-order valence-corrected chi connectivity index (χ0v) is 9.05. The zero-order valence-electron chi connectivity index (χ0n) is 9.05. The van der Waals surface area contributed by atoms with E-state index in [1.54, 1.807) is 19.1 Å². The number of nitrogens with zero attached hydrogens (tertiary/aromatic N) is 1. The van der Waals surface area contributed by atoms with Crippen molar-refractivity contribution in [1.82, 2.24) is 4.98 Å². The van der Waals surface area contributed by atoms with Crippen molar-refractivity contribution in [3.8, 4) is 0 Å². The van der Waals surface area contributed by atoms with Crippen LogP contribution in [0.2, 0.25) is 0 Å². The Morgan fingerprint density at radius 1 is 1.50 bits per heavy atom. The molecule has 0 aliphatic rings. The number of Topliss-reactive ketones (excluding diaryl/α,β-unsaturated/α-hetero) is 1. The quantitative estimate of drug-likeness (QED) is 0.329. The Morgan fingerprint density at radius 2 is 2.12 bits per heavy atom. The third-order valence-corrected chi connectivity index (χ3v) is 2.17. The van der Waals surface area contributed by atoms with Gasteiger partial charge in [0.25, 0.3) is 0 Å². The third kappa shape index (κ3) is 2.76. The Morgan fingerprint density at radius 3 is 2.62 bits per heavy atom. The van der Waals surface area contributed by atoms with Crippen LogP contribution in [0.3, 0.4) is 0 Å². The molecule has 1 unspecified atom stereocenters. The summed E-state index contributed by atoms with van der Waals surface area (Å²) in [7, 11) is 0. The number of aromatic nitrogens is 1. The second-order valence-electron chi connectivity index (χ2n) is 3.16. The number of carbonyl (C=O) groups is 2. The van der Waals surface area contributed by atoms with E-state index in [2.05, 4.69) is 16.3 Å². The molecule has 4 nitrogen and oxygen atoms in total. The third-order valence-electron chi connectivity index (χ3n) is 2.17. The second-order valence-corrected chi connectivity index (χ2v) is 3.16. The summed E-state index contributed by atoms with van der Waals surface area (Å²) in [6.07, 6.45) is 4.45. The van der Waals surface area contributed by atoms with Crippen LogP contribution in [0, 0.1) is 5.92 Å². The predicted molar refractivity (Wildman–Crippen MR) is 58.6 cm³/mol. The average molecular weight is 219 g/mol. The van der Waals surface area contributed by atoms with Gasteiger partial charge in [0, 0.05) is 18.0 Å². The molecule has 0 spiro atoms. The molecule has 0 aliphatic heterocycles. The van der Waals surface area contributed by atoms with Crippen LogP contribution >= 0.6 is 0 Å². The lowest BCUT2D eigenvalue weighted by atomic mass is 9.96. The number of hydrogen-bond acceptors (Lipinski definition) is 4. The minimum Gasteiger partial charge on any atom is -0.435 e. The van der Waals surface area contributed by atoms with Gasteiger partial charge in [-0.2, -0.15) is 0 Å². The molecule has 1 aromatic rings. The van der Waals surface area contributed by atoms with E-state index in [-0.39, 0.29) is 5.78 Å². The molecule has 4 heteroatoms. The number of pyridine rings is 1. The van der Waals surface area contributed by atoms with Crippen molar-refractivity contribution in [1.29, 1.82) is 0 Å². The lowest BCUT2D eigenvalue weighted by molar-refractivity contribution is -0.141. The van der Waals surface area contributed by atoms with Crippen LogP contribution in [-0.4, -0.2) is 16.7 Å². The van der Waals surface area contributed by atoms with Gasteiger partial charge >= 0.3 is 5.97 Å². The minimum absolute atomic E-state index is 0.253. The highest BCUT2D eigenvalue weighted by atomic mass is 16.5. The lowest BCUT2D eigenvalue weighted by Crippen LogP contribution is -2.24. The molecule has 0 N–H and O–H groups in total. The SMILES string of the molecule is C=COC(=O)C(CC)C(=O)c1ccncc1. The van der Waals surface area contributed by atoms with E-state index in [1.165, 1.54) is 12.4 Å². The van der Waals surface area contributed by atoms with Crippen molar-refractivity contribution in [3.63, 3.8) is 0 Å². The number of rotatable bonds is 5. The van der Waals surface area contributed by atoms with Crippen LogP contribution in [0.4, 0.5) is 0 Å². The molecule has 1 rings (SSSR count). The fourth-order valence-corrected chi connectivity index (χ4v) is 1.34. The van der Waals surface area contributed by atoms with E-state index in [4.69, 9.17) is 0 Å².